The molecule has 7 heteroatoms. The summed E-state index contributed by atoms with van der Waals surface area (Å²) in [6.45, 7) is 1.95. The molecule has 0 unspecified atom stereocenters. The van der Waals surface area contributed by atoms with Crippen molar-refractivity contribution in [2.45, 2.75) is 24.7 Å². The van der Waals surface area contributed by atoms with E-state index in [4.69, 9.17) is 5.11 Å². The average molecular weight is 375 g/mol. The van der Waals surface area contributed by atoms with Crippen molar-refractivity contribution in [3.8, 4) is 0 Å². The molecule has 0 bridgehead atoms. The van der Waals surface area contributed by atoms with Gasteiger partial charge in [0.15, 0.2) is 9.84 Å². The van der Waals surface area contributed by atoms with E-state index in [2.05, 4.69) is 5.32 Å². The van der Waals surface area contributed by atoms with Crippen molar-refractivity contribution in [2.24, 2.45) is 0 Å². The summed E-state index contributed by atoms with van der Waals surface area (Å²) in [7, 11) is -3.30. The molecule has 2 rings (SSSR count). The van der Waals surface area contributed by atoms with Crippen LogP contribution in [-0.2, 0) is 27.5 Å². The van der Waals surface area contributed by atoms with Gasteiger partial charge in [-0.15, -0.1) is 0 Å². The number of hydrogen-bond donors (Lipinski definition) is 2. The van der Waals surface area contributed by atoms with E-state index in [1.54, 1.807) is 37.3 Å². The topological polar surface area (TPSA) is 101 Å². The molecule has 0 aromatic heterocycles. The Morgan fingerprint density at radius 1 is 1.04 bits per heavy atom. The molecule has 2 aromatic rings. The Bertz CT molecular complexity index is 906. The van der Waals surface area contributed by atoms with Crippen LogP contribution in [0, 0.1) is 0 Å². The number of carbonyl (C=O) groups is 2. The fraction of sp³-hybridized carbons (Fsp3) is 0.263. The Labute approximate surface area is 152 Å². The average Bonchev–Trinajstić information content (AvgIpc) is 2.62. The smallest absolute Gasteiger partial charge is 0.335 e. The summed E-state index contributed by atoms with van der Waals surface area (Å²) in [4.78, 5) is 23.2. The Hall–Kier alpha value is -2.67. The number of carbonyl (C=O) groups excluding carboxylic acids is 1. The summed E-state index contributed by atoms with van der Waals surface area (Å²) in [6, 6.07) is 12.9. The Morgan fingerprint density at radius 3 is 2.42 bits per heavy atom. The first kappa shape index (κ1) is 19.7. The highest BCUT2D eigenvalue weighted by molar-refractivity contribution is 7.91. The van der Waals surface area contributed by atoms with E-state index >= 15 is 0 Å². The Balaban J connectivity index is 1.91. The quantitative estimate of drug-likeness (QED) is 0.736. The molecule has 0 atom stereocenters. The molecule has 2 N–H and O–H groups in total. The number of hydrogen-bond acceptors (Lipinski definition) is 4. The second-order valence-electron chi connectivity index (χ2n) is 5.83. The van der Waals surface area contributed by atoms with E-state index in [9.17, 15) is 18.0 Å². The molecule has 0 aliphatic rings. The minimum Gasteiger partial charge on any atom is -0.478 e. The summed E-state index contributed by atoms with van der Waals surface area (Å²) < 4.78 is 23.8. The highest BCUT2D eigenvalue weighted by atomic mass is 32.2. The maximum absolute atomic E-state index is 12.1. The molecule has 0 saturated heterocycles. The third kappa shape index (κ3) is 5.42. The summed E-state index contributed by atoms with van der Waals surface area (Å²) in [5.74, 6) is -1.19. The van der Waals surface area contributed by atoms with Gasteiger partial charge in [0.05, 0.1) is 22.6 Å². The lowest BCUT2D eigenvalue weighted by atomic mass is 10.1. The van der Waals surface area contributed by atoms with Crippen molar-refractivity contribution in [3.05, 3.63) is 65.2 Å². The largest absolute Gasteiger partial charge is 0.478 e. The van der Waals surface area contributed by atoms with Gasteiger partial charge in [-0.1, -0.05) is 31.2 Å². The zero-order chi connectivity index (χ0) is 19.2. The lowest BCUT2D eigenvalue weighted by molar-refractivity contribution is -0.120. The van der Waals surface area contributed by atoms with Crippen LogP contribution in [0.5, 0.6) is 0 Å². The third-order valence-electron chi connectivity index (χ3n) is 3.91. The number of aromatic carboxylic acids is 1. The van der Waals surface area contributed by atoms with Crippen LogP contribution in [0.1, 0.15) is 28.4 Å². The molecule has 2 aromatic carbocycles. The van der Waals surface area contributed by atoms with Gasteiger partial charge < -0.3 is 10.4 Å². The lowest BCUT2D eigenvalue weighted by Crippen LogP contribution is -2.27. The predicted molar refractivity (Wildman–Crippen MR) is 98.0 cm³/mol. The molecule has 0 spiro atoms. The molecule has 0 radical (unpaired) electrons. The highest BCUT2D eigenvalue weighted by Gasteiger charge is 2.12. The number of nitrogens with one attached hydrogen (secondary N) is 1. The summed E-state index contributed by atoms with van der Waals surface area (Å²) >= 11 is 0. The molecular weight excluding hydrogens is 354 g/mol. The minimum absolute atomic E-state index is 0.0120. The van der Waals surface area contributed by atoms with E-state index in [0.717, 1.165) is 5.56 Å². The maximum Gasteiger partial charge on any atom is 0.335 e. The fourth-order valence-electron chi connectivity index (χ4n) is 2.47. The first-order valence-electron chi connectivity index (χ1n) is 8.22. The van der Waals surface area contributed by atoms with Crippen LogP contribution in [0.3, 0.4) is 0 Å². The fourth-order valence-corrected chi connectivity index (χ4v) is 3.42. The van der Waals surface area contributed by atoms with Gasteiger partial charge in [0.25, 0.3) is 0 Å². The first-order chi connectivity index (χ1) is 12.3. The molecule has 1 amide bonds. The van der Waals surface area contributed by atoms with Crippen molar-refractivity contribution in [2.75, 3.05) is 12.3 Å². The number of benzene rings is 2. The molecular formula is C19H21NO5S. The second kappa shape index (κ2) is 8.62. The van der Waals surface area contributed by atoms with Crippen LogP contribution >= 0.6 is 0 Å². The number of sulfone groups is 1. The molecule has 0 fully saturated rings. The molecule has 0 saturated carbocycles. The number of carboxylic acid groups (broad SMARTS) is 1. The van der Waals surface area contributed by atoms with Crippen molar-refractivity contribution < 1.29 is 23.1 Å². The van der Waals surface area contributed by atoms with Crippen LogP contribution in [0.2, 0.25) is 0 Å². The molecule has 0 heterocycles. The zero-order valence-corrected chi connectivity index (χ0v) is 15.3. The monoisotopic (exact) mass is 375 g/mol. The van der Waals surface area contributed by atoms with Crippen molar-refractivity contribution in [1.82, 2.24) is 5.32 Å². The van der Waals surface area contributed by atoms with Gasteiger partial charge >= 0.3 is 5.97 Å². The predicted octanol–water partition coefficient (Wildman–Crippen LogP) is 2.08. The van der Waals surface area contributed by atoms with E-state index in [0.29, 0.717) is 18.5 Å². The standard InChI is InChI=1S/C19H21NO5S/c1-2-26(24,25)17-8-4-6-15(12-17)13-18(21)20-10-9-14-5-3-7-16(11-14)19(22)23/h3-8,11-12H,2,9-10,13H2,1H3,(H,20,21)(H,22,23). The van der Waals surface area contributed by atoms with Gasteiger partial charge in [-0.3, -0.25) is 4.79 Å². The molecule has 0 aliphatic carbocycles. The number of amides is 1. The van der Waals surface area contributed by atoms with Gasteiger partial charge in [0, 0.05) is 6.54 Å². The molecule has 0 aliphatic heterocycles. The van der Waals surface area contributed by atoms with Crippen LogP contribution < -0.4 is 5.32 Å². The SMILES string of the molecule is CCS(=O)(=O)c1cccc(CC(=O)NCCc2cccc(C(=O)O)c2)c1. The maximum atomic E-state index is 12.1. The normalized spacial score (nSPS) is 11.1. The van der Waals surface area contributed by atoms with Gasteiger partial charge in [0.1, 0.15) is 0 Å². The van der Waals surface area contributed by atoms with Crippen molar-refractivity contribution in [1.29, 1.82) is 0 Å². The van der Waals surface area contributed by atoms with E-state index < -0.39 is 15.8 Å². The van der Waals surface area contributed by atoms with Crippen LogP contribution in [0.4, 0.5) is 0 Å². The van der Waals surface area contributed by atoms with Gasteiger partial charge in [0.2, 0.25) is 5.91 Å². The van der Waals surface area contributed by atoms with Crippen molar-refractivity contribution >= 4 is 21.7 Å². The molecule has 26 heavy (non-hydrogen) atoms. The van der Waals surface area contributed by atoms with Gasteiger partial charge in [-0.2, -0.15) is 0 Å². The summed E-state index contributed by atoms with van der Waals surface area (Å²) in [6.07, 6.45) is 0.597. The number of rotatable bonds is 8. The molecule has 6 nitrogen and oxygen atoms in total. The highest BCUT2D eigenvalue weighted by Crippen LogP contribution is 2.13. The Kier molecular flexibility index (Phi) is 6.52. The summed E-state index contributed by atoms with van der Waals surface area (Å²) in [5, 5.41) is 11.7. The van der Waals surface area contributed by atoms with Gasteiger partial charge in [-0.25, -0.2) is 13.2 Å². The lowest BCUT2D eigenvalue weighted by Gasteiger charge is -2.08. The van der Waals surface area contributed by atoms with Crippen LogP contribution in [0.25, 0.3) is 0 Å². The van der Waals surface area contributed by atoms with Crippen molar-refractivity contribution in [3.63, 3.8) is 0 Å². The zero-order valence-electron chi connectivity index (χ0n) is 14.4. The number of carboxylic acids is 1. The summed E-state index contributed by atoms with van der Waals surface area (Å²) in [5.41, 5.74) is 1.66. The Morgan fingerprint density at radius 2 is 1.73 bits per heavy atom. The van der Waals surface area contributed by atoms with E-state index in [1.165, 1.54) is 18.2 Å². The second-order valence-corrected chi connectivity index (χ2v) is 8.11. The van der Waals surface area contributed by atoms with E-state index in [-0.39, 0.29) is 28.5 Å². The minimum atomic E-state index is -3.30. The van der Waals surface area contributed by atoms with Gasteiger partial charge in [-0.05, 0) is 41.8 Å². The van der Waals surface area contributed by atoms with Crippen LogP contribution in [-0.4, -0.2) is 37.7 Å². The molecule has 138 valence electrons. The third-order valence-corrected chi connectivity index (χ3v) is 5.64. The first-order valence-corrected chi connectivity index (χ1v) is 9.87. The van der Waals surface area contributed by atoms with E-state index in [1.807, 2.05) is 0 Å². The van der Waals surface area contributed by atoms with Crippen LogP contribution in [0.15, 0.2) is 53.4 Å².